The van der Waals surface area contributed by atoms with E-state index in [4.69, 9.17) is 44.5 Å². The second-order valence-corrected chi connectivity index (χ2v) is 30.7. The van der Waals surface area contributed by atoms with Gasteiger partial charge in [-0.15, -0.1) is 0 Å². The Labute approximate surface area is 718 Å². The Hall–Kier alpha value is -12.7. The quantitative estimate of drug-likeness (QED) is 0.0192. The van der Waals surface area contributed by atoms with Crippen LogP contribution in [0.15, 0.2) is 72.8 Å². The van der Waals surface area contributed by atoms with E-state index < -0.39 is 203 Å². The average molecular weight is 1740 g/mol. The number of nitrogens with one attached hydrogen (secondary N) is 18. The fourth-order valence-corrected chi connectivity index (χ4v) is 12.5. The molecule has 44 heteroatoms. The molecule has 0 spiro atoms. The minimum Gasteiger partial charge on any atom is -0.508 e. The molecule has 44 nitrogen and oxygen atoms in total. The number of benzene rings is 3. The van der Waals surface area contributed by atoms with Crippen molar-refractivity contribution in [3.05, 3.63) is 89.5 Å². The molecule has 3 aromatic carbocycles. The van der Waals surface area contributed by atoms with Crippen molar-refractivity contribution in [2.45, 2.75) is 229 Å². The Morgan fingerprint density at radius 1 is 0.476 bits per heavy atom. The van der Waals surface area contributed by atoms with Crippen LogP contribution >= 0.6 is 0 Å². The fraction of sp³-hybridized carbons (Fsp3) is 0.550. The van der Waals surface area contributed by atoms with Crippen LogP contribution in [-0.2, 0) is 89.6 Å². The Morgan fingerprint density at radius 2 is 0.919 bits per heavy atom. The number of hydrazine groups is 1. The lowest BCUT2D eigenvalue weighted by molar-refractivity contribution is -0.138. The highest BCUT2D eigenvalue weighted by molar-refractivity contribution is 6.40. The number of anilines is 1. The molecule has 0 aliphatic carbocycles. The maximum absolute atomic E-state index is 14.4. The van der Waals surface area contributed by atoms with Gasteiger partial charge in [0, 0.05) is 38.2 Å². The van der Waals surface area contributed by atoms with Gasteiger partial charge in [0.15, 0.2) is 5.96 Å². The Bertz CT molecular complexity index is 4160. The van der Waals surface area contributed by atoms with E-state index in [2.05, 4.69) is 90.6 Å². The van der Waals surface area contributed by atoms with Crippen LogP contribution < -0.4 is 130 Å². The molecule has 0 radical (unpaired) electrons. The molecule has 0 fully saturated rings. The van der Waals surface area contributed by atoms with E-state index >= 15 is 0 Å². The molecule has 0 aromatic heterocycles. The van der Waals surface area contributed by atoms with Gasteiger partial charge in [0.1, 0.15) is 78.0 Å². The number of aromatic hydroxyl groups is 1. The van der Waals surface area contributed by atoms with E-state index in [0.29, 0.717) is 30.4 Å². The van der Waals surface area contributed by atoms with Crippen molar-refractivity contribution < 1.29 is 96.5 Å². The number of hydrogen-bond acceptors (Lipinski definition) is 25. The standard InChI is InChI=1S/C80H124N24O20/c1-41(2)61-76(120)92-43(5)64(108)97-58(40-60(85)107)73(117)96-54(24-13-15-33-82)71(115)102-63(45(7)105)75(119)89-35-17-22-52(84)68(112)101-62(42(3)4)77(121)98-57(37-46-19-10-9-11-20-46)74(118)104-103-66(110)50-39-48(28-31-59(50)124-8)93-78(122)79(123)99-56(38-47-26-29-49(106)30-27-47)72(116)95-53(23-12-14-32-81)69(113)88-34-16-21-51(83)67(111)94-55(25-18-36-90-80(86)87)70(114)91-44(6)65(109)100-61/h9-11,19-20,26-31,39,41-45,51-58,61-63,105-106H,12-18,21-25,32-38,40,81-84H2,1-8H3,(H2,85,107)(H,88,113)(H,89,119)(H,91,114)(H,92,120)(H,93,122)(H,94,111)(H,95,116)(H,96,117)(H,97,108)(H,98,121)(H,99,123)(H,100,109)(H,101,112)(H,102,115)(H,103,110)(H,104,118)(H4,86,87,90)/t43-,44-,45+,51-,52-,53-,54-,55-,56-,57-,58-,61-,62-,63-/m0/s1. The van der Waals surface area contributed by atoms with Crippen LogP contribution in [0.5, 0.6) is 11.5 Å². The molecule has 1 heterocycles. The van der Waals surface area contributed by atoms with Gasteiger partial charge in [-0.25, -0.2) is 0 Å². The number of phenolic OH excluding ortho intramolecular Hbond substituents is 1. The minimum absolute atomic E-state index is 0.00729. The molecule has 1 aliphatic heterocycles. The van der Waals surface area contributed by atoms with Crippen LogP contribution in [0.2, 0.25) is 0 Å². The second-order valence-electron chi connectivity index (χ2n) is 30.7. The van der Waals surface area contributed by atoms with Crippen molar-refractivity contribution in [2.24, 2.45) is 46.2 Å². The first-order valence-electron chi connectivity index (χ1n) is 41.0. The van der Waals surface area contributed by atoms with Crippen LogP contribution in [-0.4, -0.2) is 241 Å². The molecular weight excluding hydrogens is 1620 g/mol. The summed E-state index contributed by atoms with van der Waals surface area (Å²) in [5, 5.41) is 66.3. The molecule has 14 atom stereocenters. The number of unbranched alkanes of at least 4 members (excludes halogenated alkanes) is 2. The third kappa shape index (κ3) is 36.2. The number of aliphatic hydroxyl groups excluding tert-OH is 1. The summed E-state index contributed by atoms with van der Waals surface area (Å²) < 4.78 is 5.42. The van der Waals surface area contributed by atoms with Gasteiger partial charge in [-0.3, -0.25) is 97.8 Å². The van der Waals surface area contributed by atoms with Crippen molar-refractivity contribution in [1.82, 2.24) is 85.3 Å². The number of phenols is 1. The largest absolute Gasteiger partial charge is 0.508 e. The van der Waals surface area contributed by atoms with Gasteiger partial charge in [0.2, 0.25) is 76.8 Å². The highest BCUT2D eigenvalue weighted by Crippen LogP contribution is 2.24. The number of aliphatic hydroxyl groups is 1. The monoisotopic (exact) mass is 1740 g/mol. The van der Waals surface area contributed by atoms with Crippen molar-refractivity contribution in [3.63, 3.8) is 0 Å². The normalized spacial score (nSPS) is 24.1. The smallest absolute Gasteiger partial charge is 0.313 e. The van der Waals surface area contributed by atoms with E-state index in [-0.39, 0.29) is 132 Å². The summed E-state index contributed by atoms with van der Waals surface area (Å²) in [6.07, 6.45) is -1.87. The predicted molar refractivity (Wildman–Crippen MR) is 452 cm³/mol. The molecular formula is C80H124N24O20. The number of carbonyl (C=O) groups excluding carboxylic acids is 17. The number of amides is 17. The summed E-state index contributed by atoms with van der Waals surface area (Å²) >= 11 is 0. The van der Waals surface area contributed by atoms with Gasteiger partial charge < -0.3 is 129 Å². The third-order valence-electron chi connectivity index (χ3n) is 19.7. The number of carbonyl (C=O) groups is 17. The summed E-state index contributed by atoms with van der Waals surface area (Å²) in [6.45, 7) is 10.1. The lowest BCUT2D eigenvalue weighted by Crippen LogP contribution is -2.61. The number of nitrogens with two attached hydrogens (primary N) is 6. The highest BCUT2D eigenvalue weighted by atomic mass is 16.5. The van der Waals surface area contributed by atoms with Gasteiger partial charge in [0.25, 0.3) is 11.8 Å². The Kier molecular flexibility index (Phi) is 44.5. The van der Waals surface area contributed by atoms with Gasteiger partial charge >= 0.3 is 11.8 Å². The molecule has 0 saturated heterocycles. The van der Waals surface area contributed by atoms with E-state index in [1.807, 2.05) is 0 Å². The molecule has 4 rings (SSSR count). The summed E-state index contributed by atoms with van der Waals surface area (Å²) in [4.78, 5) is 236. The molecule has 124 heavy (non-hydrogen) atoms. The van der Waals surface area contributed by atoms with Gasteiger partial charge in [-0.1, -0.05) is 70.2 Å². The molecule has 1 aliphatic rings. The predicted octanol–water partition coefficient (Wildman–Crippen LogP) is -6.49. The zero-order chi connectivity index (χ0) is 92.4. The van der Waals surface area contributed by atoms with E-state index in [1.165, 1.54) is 64.3 Å². The van der Waals surface area contributed by atoms with Crippen LogP contribution in [0.3, 0.4) is 0 Å². The SMILES string of the molecule is COc1ccc2cc1C(=O)NNC(=O)[C@H](Cc1ccccc1)NC(=O)[C@H](C(C)C)NC(=O)[C@@H](N)CCCNC(=O)[C@H]([C@@H](C)O)NC(=O)[C@H](CCCCN)NC(=O)[C@H](CC(N)=O)NC(=O)[C@H](C)NC(=O)[C@H](C(C)C)NC(=O)[C@H](C)NC(=O)[C@H](CCCNC(=N)N)NC(=O)[C@@H](N)CCCNC(=O)[C@H](CCCCN)NC(=O)[C@H](Cc1ccc(O)cc1)NC(=O)C(=O)N2. The van der Waals surface area contributed by atoms with Gasteiger partial charge in [-0.05, 0) is 164 Å². The fourth-order valence-electron chi connectivity index (χ4n) is 12.5. The second kappa shape index (κ2) is 53.3. The molecule has 0 saturated carbocycles. The van der Waals surface area contributed by atoms with E-state index in [1.54, 1.807) is 58.0 Å². The van der Waals surface area contributed by atoms with Crippen LogP contribution in [0.4, 0.5) is 5.69 Å². The zero-order valence-corrected chi connectivity index (χ0v) is 71.0. The Balaban J connectivity index is 1.71. The van der Waals surface area contributed by atoms with Crippen molar-refractivity contribution in [3.8, 4) is 11.5 Å². The summed E-state index contributed by atoms with van der Waals surface area (Å²) in [6, 6.07) is -1.44. The maximum atomic E-state index is 14.4. The van der Waals surface area contributed by atoms with Gasteiger partial charge in [-0.2, -0.15) is 0 Å². The number of guanidine groups is 1. The first-order valence-corrected chi connectivity index (χ1v) is 41.0. The molecule has 2 bridgehead atoms. The summed E-state index contributed by atoms with van der Waals surface area (Å²) in [5.74, 6) is -18.8. The summed E-state index contributed by atoms with van der Waals surface area (Å²) in [7, 11) is 1.22. The number of methoxy groups -OCH3 is 1. The average Bonchev–Trinajstić information content (AvgIpc) is 0.789. The van der Waals surface area contributed by atoms with Crippen LogP contribution in [0.1, 0.15) is 153 Å². The van der Waals surface area contributed by atoms with Crippen molar-refractivity contribution >= 4 is 112 Å². The number of ether oxygens (including phenoxy) is 1. The maximum Gasteiger partial charge on any atom is 0.313 e. The number of rotatable bonds is 22. The molecule has 3 aromatic rings. The molecule has 684 valence electrons. The number of primary amides is 1. The third-order valence-corrected chi connectivity index (χ3v) is 19.7. The number of hydrogen-bond donors (Lipinski definition) is 26. The topological polar surface area (TPSA) is 724 Å². The van der Waals surface area contributed by atoms with Crippen LogP contribution in [0, 0.1) is 17.2 Å². The van der Waals surface area contributed by atoms with E-state index in [9.17, 15) is 91.7 Å². The van der Waals surface area contributed by atoms with Crippen LogP contribution in [0.25, 0.3) is 0 Å². The summed E-state index contributed by atoms with van der Waals surface area (Å²) in [5.41, 5.74) is 40.2. The minimum atomic E-state index is -1.79. The molecule has 17 amide bonds. The molecule has 0 unspecified atom stereocenters. The van der Waals surface area contributed by atoms with Crippen molar-refractivity contribution in [1.29, 1.82) is 5.41 Å². The molecule has 32 N–H and O–H groups in total. The zero-order valence-electron chi connectivity index (χ0n) is 71.0. The number of fused-ring (bicyclic) bond motifs is 2. The van der Waals surface area contributed by atoms with Gasteiger partial charge in [0.05, 0.1) is 37.3 Å². The van der Waals surface area contributed by atoms with E-state index in [0.717, 1.165) is 6.07 Å². The highest BCUT2D eigenvalue weighted by Gasteiger charge is 2.38. The lowest BCUT2D eigenvalue weighted by Gasteiger charge is -2.28. The first kappa shape index (κ1) is 104. The Morgan fingerprint density at radius 3 is 1.45 bits per heavy atom. The lowest BCUT2D eigenvalue weighted by atomic mass is 10.00. The van der Waals surface area contributed by atoms with Crippen molar-refractivity contribution in [2.75, 3.05) is 45.2 Å². The first-order chi connectivity index (χ1) is 58.7.